The van der Waals surface area contributed by atoms with Gasteiger partial charge in [-0.2, -0.15) is 0 Å². The first-order chi connectivity index (χ1) is 11.4. The van der Waals surface area contributed by atoms with Crippen LogP contribution < -0.4 is 0 Å². The van der Waals surface area contributed by atoms with Crippen molar-refractivity contribution in [3.63, 3.8) is 0 Å². The summed E-state index contributed by atoms with van der Waals surface area (Å²) in [4.78, 5) is 0. The maximum absolute atomic E-state index is 14.3. The van der Waals surface area contributed by atoms with E-state index in [1.165, 1.54) is 0 Å². The summed E-state index contributed by atoms with van der Waals surface area (Å²) in [5.74, 6) is -7.07. The van der Waals surface area contributed by atoms with E-state index >= 15 is 0 Å². The van der Waals surface area contributed by atoms with Crippen LogP contribution in [-0.2, 0) is 0 Å². The summed E-state index contributed by atoms with van der Waals surface area (Å²) in [6.07, 6.45) is 0. The predicted octanol–water partition coefficient (Wildman–Crippen LogP) is 5.86. The molecule has 0 N–H and O–H groups in total. The van der Waals surface area contributed by atoms with E-state index in [2.05, 4.69) is 0 Å². The highest BCUT2D eigenvalue weighted by molar-refractivity contribution is 5.84. The summed E-state index contributed by atoms with van der Waals surface area (Å²) in [6.45, 7) is 0. The highest BCUT2D eigenvalue weighted by atomic mass is 19.2. The van der Waals surface area contributed by atoms with Crippen LogP contribution in [0.3, 0.4) is 0 Å². The molecule has 6 heteroatoms. The molecule has 0 aliphatic heterocycles. The van der Waals surface area contributed by atoms with Gasteiger partial charge in [-0.25, -0.2) is 26.3 Å². The van der Waals surface area contributed by atoms with Crippen LogP contribution in [-0.4, -0.2) is 0 Å². The van der Waals surface area contributed by atoms with E-state index in [4.69, 9.17) is 0 Å². The largest absolute Gasteiger partial charge is 0.206 e. The van der Waals surface area contributed by atoms with Crippen molar-refractivity contribution < 1.29 is 26.3 Å². The second kappa shape index (κ2) is 6.03. The lowest BCUT2D eigenvalue weighted by atomic mass is 9.93. The van der Waals surface area contributed by atoms with Gasteiger partial charge in [-0.1, -0.05) is 18.2 Å². The first-order valence-electron chi connectivity index (χ1n) is 6.78. The third kappa shape index (κ3) is 2.64. The summed E-state index contributed by atoms with van der Waals surface area (Å²) < 4.78 is 82.6. The molecule has 24 heavy (non-hydrogen) atoms. The molecule has 0 atom stereocenters. The summed E-state index contributed by atoms with van der Waals surface area (Å²) in [6, 6.07) is 6.97. The van der Waals surface area contributed by atoms with Gasteiger partial charge in [0.25, 0.3) is 0 Å². The zero-order valence-corrected chi connectivity index (χ0v) is 11.9. The van der Waals surface area contributed by atoms with Crippen molar-refractivity contribution in [2.24, 2.45) is 0 Å². The molecular formula is C18H8F6. The smallest absolute Gasteiger partial charge is 0.166 e. The van der Waals surface area contributed by atoms with Gasteiger partial charge in [0.2, 0.25) is 0 Å². The molecule has 0 spiro atoms. The molecule has 0 unspecified atom stereocenters. The summed E-state index contributed by atoms with van der Waals surface area (Å²) >= 11 is 0. The lowest BCUT2D eigenvalue weighted by molar-refractivity contribution is 0.508. The van der Waals surface area contributed by atoms with Crippen LogP contribution >= 0.6 is 0 Å². The van der Waals surface area contributed by atoms with Crippen molar-refractivity contribution in [3.8, 4) is 22.3 Å². The highest BCUT2D eigenvalue weighted by Crippen LogP contribution is 2.38. The van der Waals surface area contributed by atoms with E-state index in [0.29, 0.717) is 6.07 Å². The Morgan fingerprint density at radius 1 is 0.500 bits per heavy atom. The fraction of sp³-hybridized carbons (Fsp3) is 0. The summed E-state index contributed by atoms with van der Waals surface area (Å²) in [5, 5.41) is 0. The van der Waals surface area contributed by atoms with Gasteiger partial charge >= 0.3 is 0 Å². The molecule has 0 aromatic heterocycles. The normalized spacial score (nSPS) is 10.9. The molecule has 0 radical (unpaired) electrons. The second-order valence-electron chi connectivity index (χ2n) is 5.01. The Bertz CT molecular complexity index is 933. The molecule has 0 bridgehead atoms. The predicted molar refractivity (Wildman–Crippen MR) is 77.1 cm³/mol. The molecule has 0 aliphatic carbocycles. The maximum atomic E-state index is 14.3. The number of rotatable bonds is 2. The summed E-state index contributed by atoms with van der Waals surface area (Å²) in [5.41, 5.74) is -1.78. The maximum Gasteiger partial charge on any atom is 0.166 e. The minimum atomic E-state index is -1.37. The molecule has 0 saturated carbocycles. The van der Waals surface area contributed by atoms with Gasteiger partial charge in [0, 0.05) is 16.7 Å². The fourth-order valence-corrected chi connectivity index (χ4v) is 2.45. The summed E-state index contributed by atoms with van der Waals surface area (Å²) in [7, 11) is 0. The quantitative estimate of drug-likeness (QED) is 0.514. The Balaban J connectivity index is 2.36. The molecule has 0 heterocycles. The molecule has 3 aromatic rings. The number of benzene rings is 3. The van der Waals surface area contributed by atoms with Gasteiger partial charge in [-0.15, -0.1) is 0 Å². The van der Waals surface area contributed by atoms with Gasteiger partial charge in [0.1, 0.15) is 11.6 Å². The van der Waals surface area contributed by atoms with E-state index in [-0.39, 0.29) is 5.56 Å². The molecule has 0 aliphatic rings. The number of halogens is 6. The molecule has 3 rings (SSSR count). The third-order valence-electron chi connectivity index (χ3n) is 3.53. The van der Waals surface area contributed by atoms with Crippen molar-refractivity contribution in [1.29, 1.82) is 0 Å². The monoisotopic (exact) mass is 338 g/mol. The van der Waals surface area contributed by atoms with Crippen molar-refractivity contribution in [1.82, 2.24) is 0 Å². The molecular weight excluding hydrogens is 330 g/mol. The average molecular weight is 338 g/mol. The Morgan fingerprint density at radius 2 is 1.12 bits per heavy atom. The van der Waals surface area contributed by atoms with E-state index in [0.717, 1.165) is 42.5 Å². The van der Waals surface area contributed by atoms with Gasteiger partial charge in [-0.3, -0.25) is 0 Å². The van der Waals surface area contributed by atoms with E-state index in [9.17, 15) is 26.3 Å². The lowest BCUT2D eigenvalue weighted by Crippen LogP contribution is -1.98. The lowest BCUT2D eigenvalue weighted by Gasteiger charge is -2.14. The first kappa shape index (κ1) is 16.1. The second-order valence-corrected chi connectivity index (χ2v) is 5.01. The van der Waals surface area contributed by atoms with Crippen LogP contribution in [0.5, 0.6) is 0 Å². The Kier molecular flexibility index (Phi) is 4.05. The molecule has 122 valence electrons. The average Bonchev–Trinajstić information content (AvgIpc) is 2.55. The van der Waals surface area contributed by atoms with Gasteiger partial charge in [-0.05, 0) is 35.9 Å². The van der Waals surface area contributed by atoms with Gasteiger partial charge < -0.3 is 0 Å². The van der Waals surface area contributed by atoms with Crippen LogP contribution in [0.15, 0.2) is 48.5 Å². The Morgan fingerprint density at radius 3 is 1.79 bits per heavy atom. The highest BCUT2D eigenvalue weighted by Gasteiger charge is 2.22. The Hall–Kier alpha value is -2.76. The van der Waals surface area contributed by atoms with Crippen molar-refractivity contribution >= 4 is 0 Å². The standard InChI is InChI=1S/C18H8F6/c19-11-5-4-9(8-15(11)23)16-12(20)6-7-13(21)17(16)10-2-1-3-14(22)18(10)24/h1-8H. The number of hydrogen-bond donors (Lipinski definition) is 0. The molecule has 0 nitrogen and oxygen atoms in total. The molecule has 0 amide bonds. The SMILES string of the molecule is Fc1ccc(-c2c(F)ccc(F)c2-c2cccc(F)c2F)cc1F. The van der Waals surface area contributed by atoms with Crippen LogP contribution in [0.4, 0.5) is 26.3 Å². The van der Waals surface area contributed by atoms with Crippen molar-refractivity contribution in [2.75, 3.05) is 0 Å². The van der Waals surface area contributed by atoms with Crippen LogP contribution in [0.25, 0.3) is 22.3 Å². The minimum absolute atomic E-state index is 0.204. The molecule has 3 aromatic carbocycles. The van der Waals surface area contributed by atoms with Crippen LogP contribution in [0, 0.1) is 34.9 Å². The van der Waals surface area contributed by atoms with E-state index in [1.807, 2.05) is 0 Å². The number of hydrogen-bond acceptors (Lipinski definition) is 0. The molecule has 0 saturated heterocycles. The van der Waals surface area contributed by atoms with E-state index in [1.54, 1.807) is 0 Å². The van der Waals surface area contributed by atoms with E-state index < -0.39 is 51.6 Å². The topological polar surface area (TPSA) is 0 Å². The van der Waals surface area contributed by atoms with Gasteiger partial charge in [0.15, 0.2) is 23.3 Å². The van der Waals surface area contributed by atoms with Crippen LogP contribution in [0.2, 0.25) is 0 Å². The Labute approximate surface area is 133 Å². The van der Waals surface area contributed by atoms with Crippen molar-refractivity contribution in [3.05, 3.63) is 83.4 Å². The van der Waals surface area contributed by atoms with Gasteiger partial charge in [0.05, 0.1) is 0 Å². The zero-order valence-electron chi connectivity index (χ0n) is 11.9. The third-order valence-corrected chi connectivity index (χ3v) is 3.53. The fourth-order valence-electron chi connectivity index (χ4n) is 2.45. The van der Waals surface area contributed by atoms with Crippen LogP contribution in [0.1, 0.15) is 0 Å². The first-order valence-corrected chi connectivity index (χ1v) is 6.78. The molecule has 0 fully saturated rings. The van der Waals surface area contributed by atoms with Crippen molar-refractivity contribution in [2.45, 2.75) is 0 Å². The zero-order chi connectivity index (χ0) is 17.4. The minimum Gasteiger partial charge on any atom is -0.206 e.